The molecule has 0 unspecified atom stereocenters. The van der Waals surface area contributed by atoms with Gasteiger partial charge in [-0.3, -0.25) is 4.90 Å². The molecular formula is C5H13NS. The first kappa shape index (κ1) is 7.31. The largest absolute Gasteiger partial charge is 0.296 e. The van der Waals surface area contributed by atoms with Crippen LogP contribution in [-0.4, -0.2) is 23.9 Å². The highest BCUT2D eigenvalue weighted by Crippen LogP contribution is 2.12. The van der Waals surface area contributed by atoms with E-state index in [1.807, 2.05) is 14.1 Å². The summed E-state index contributed by atoms with van der Waals surface area (Å²) in [6, 6.07) is 0. The summed E-state index contributed by atoms with van der Waals surface area (Å²) < 4.78 is 0. The Morgan fingerprint density at radius 3 is 1.43 bits per heavy atom. The van der Waals surface area contributed by atoms with Gasteiger partial charge in [0.1, 0.15) is 0 Å². The Labute approximate surface area is 51.1 Å². The van der Waals surface area contributed by atoms with Gasteiger partial charge in [0.2, 0.25) is 0 Å². The minimum atomic E-state index is 0.0278. The minimum absolute atomic E-state index is 0.0278. The molecule has 0 atom stereocenters. The molecule has 0 bridgehead atoms. The van der Waals surface area contributed by atoms with Crippen molar-refractivity contribution in [2.45, 2.75) is 18.7 Å². The molecule has 0 aliphatic carbocycles. The van der Waals surface area contributed by atoms with E-state index in [1.54, 1.807) is 0 Å². The van der Waals surface area contributed by atoms with E-state index in [-0.39, 0.29) is 4.87 Å². The first-order valence-electron chi connectivity index (χ1n) is 2.34. The average molecular weight is 119 g/mol. The standard InChI is InChI=1S/C5H13NS/c1-5(2,7)6(3)4/h7H,1-4H3. The molecule has 0 aromatic heterocycles. The van der Waals surface area contributed by atoms with Crippen LogP contribution in [0.3, 0.4) is 0 Å². The topological polar surface area (TPSA) is 3.24 Å². The molecule has 0 N–H and O–H groups in total. The number of hydrogen-bond donors (Lipinski definition) is 1. The van der Waals surface area contributed by atoms with Crippen LogP contribution in [0, 0.1) is 0 Å². The SMILES string of the molecule is CN(C)C(C)(C)S. The van der Waals surface area contributed by atoms with Crippen LogP contribution in [0.25, 0.3) is 0 Å². The Kier molecular flexibility index (Phi) is 2.14. The first-order chi connectivity index (χ1) is 2.94. The van der Waals surface area contributed by atoms with E-state index >= 15 is 0 Å². The van der Waals surface area contributed by atoms with Crippen LogP contribution in [0.2, 0.25) is 0 Å². The Morgan fingerprint density at radius 2 is 1.43 bits per heavy atom. The summed E-state index contributed by atoms with van der Waals surface area (Å²) in [5.41, 5.74) is 0. The molecule has 0 aromatic carbocycles. The van der Waals surface area contributed by atoms with Crippen molar-refractivity contribution in [2.75, 3.05) is 14.1 Å². The second kappa shape index (κ2) is 2.05. The van der Waals surface area contributed by atoms with Gasteiger partial charge in [-0.2, -0.15) is 12.6 Å². The molecule has 0 saturated heterocycles. The normalized spacial score (nSPS) is 12.9. The number of rotatable bonds is 1. The van der Waals surface area contributed by atoms with Gasteiger partial charge in [-0.25, -0.2) is 0 Å². The Balaban J connectivity index is 3.54. The molecule has 0 aliphatic rings. The van der Waals surface area contributed by atoms with E-state index in [4.69, 9.17) is 0 Å². The monoisotopic (exact) mass is 119 g/mol. The van der Waals surface area contributed by atoms with Crippen molar-refractivity contribution in [1.82, 2.24) is 4.90 Å². The number of hydrogen-bond acceptors (Lipinski definition) is 2. The molecule has 0 aromatic rings. The van der Waals surface area contributed by atoms with Gasteiger partial charge in [0, 0.05) is 0 Å². The summed E-state index contributed by atoms with van der Waals surface area (Å²) in [6.45, 7) is 4.10. The number of nitrogens with zero attached hydrogens (tertiary/aromatic N) is 1. The smallest absolute Gasteiger partial charge is 0.0578 e. The van der Waals surface area contributed by atoms with Crippen LogP contribution in [0.4, 0.5) is 0 Å². The molecule has 0 rings (SSSR count). The van der Waals surface area contributed by atoms with E-state index in [9.17, 15) is 0 Å². The van der Waals surface area contributed by atoms with Crippen LogP contribution in [0.5, 0.6) is 0 Å². The maximum Gasteiger partial charge on any atom is 0.0578 e. The van der Waals surface area contributed by atoms with Crippen LogP contribution < -0.4 is 0 Å². The third-order valence-corrected chi connectivity index (χ3v) is 1.49. The van der Waals surface area contributed by atoms with Crippen molar-refractivity contribution in [3.63, 3.8) is 0 Å². The zero-order chi connectivity index (χ0) is 6.08. The fourth-order valence-electron chi connectivity index (χ4n) is 0. The molecule has 0 saturated carbocycles. The summed E-state index contributed by atoms with van der Waals surface area (Å²) in [5.74, 6) is 0. The van der Waals surface area contributed by atoms with E-state index in [0.29, 0.717) is 0 Å². The van der Waals surface area contributed by atoms with Gasteiger partial charge in [0.25, 0.3) is 0 Å². The van der Waals surface area contributed by atoms with Gasteiger partial charge < -0.3 is 0 Å². The molecule has 0 heterocycles. The first-order valence-corrected chi connectivity index (χ1v) is 2.79. The summed E-state index contributed by atoms with van der Waals surface area (Å²) in [6.07, 6.45) is 0. The molecular weight excluding hydrogens is 106 g/mol. The zero-order valence-electron chi connectivity index (χ0n) is 5.39. The molecule has 44 valence electrons. The summed E-state index contributed by atoms with van der Waals surface area (Å²) in [7, 11) is 4.01. The lowest BCUT2D eigenvalue weighted by Gasteiger charge is -2.25. The van der Waals surface area contributed by atoms with Crippen molar-refractivity contribution < 1.29 is 0 Å². The zero-order valence-corrected chi connectivity index (χ0v) is 6.29. The van der Waals surface area contributed by atoms with Crippen LogP contribution in [0.15, 0.2) is 0 Å². The second-order valence-electron chi connectivity index (χ2n) is 2.39. The van der Waals surface area contributed by atoms with Crippen molar-refractivity contribution in [3.8, 4) is 0 Å². The van der Waals surface area contributed by atoms with Gasteiger partial charge in [0.15, 0.2) is 0 Å². The van der Waals surface area contributed by atoms with Crippen molar-refractivity contribution >= 4 is 12.6 Å². The Bertz CT molecular complexity index is 53.6. The van der Waals surface area contributed by atoms with Gasteiger partial charge in [-0.05, 0) is 27.9 Å². The van der Waals surface area contributed by atoms with Gasteiger partial charge in [-0.1, -0.05) is 0 Å². The fraction of sp³-hybridized carbons (Fsp3) is 1.00. The molecule has 0 aliphatic heterocycles. The lowest BCUT2D eigenvalue weighted by molar-refractivity contribution is 0.302. The quantitative estimate of drug-likeness (QED) is 0.401. The lowest BCUT2D eigenvalue weighted by atomic mass is 10.4. The van der Waals surface area contributed by atoms with Crippen LogP contribution >= 0.6 is 12.6 Å². The highest BCUT2D eigenvalue weighted by Gasteiger charge is 2.11. The third-order valence-electron chi connectivity index (χ3n) is 1.09. The van der Waals surface area contributed by atoms with E-state index in [1.165, 1.54) is 0 Å². The summed E-state index contributed by atoms with van der Waals surface area (Å²) >= 11 is 4.28. The predicted molar refractivity (Wildman–Crippen MR) is 36.8 cm³/mol. The van der Waals surface area contributed by atoms with Crippen LogP contribution in [-0.2, 0) is 0 Å². The Morgan fingerprint density at radius 1 is 1.29 bits per heavy atom. The predicted octanol–water partition coefficient (Wildman–Crippen LogP) is 1.21. The van der Waals surface area contributed by atoms with E-state index in [0.717, 1.165) is 0 Å². The molecule has 0 fully saturated rings. The molecule has 0 radical (unpaired) electrons. The molecule has 0 spiro atoms. The molecule has 0 amide bonds. The maximum absolute atomic E-state index is 4.28. The molecule has 1 nitrogen and oxygen atoms in total. The van der Waals surface area contributed by atoms with Crippen molar-refractivity contribution in [1.29, 1.82) is 0 Å². The summed E-state index contributed by atoms with van der Waals surface area (Å²) in [5, 5.41) is 0. The van der Waals surface area contributed by atoms with Crippen molar-refractivity contribution in [3.05, 3.63) is 0 Å². The van der Waals surface area contributed by atoms with Crippen LogP contribution in [0.1, 0.15) is 13.8 Å². The maximum atomic E-state index is 4.28. The van der Waals surface area contributed by atoms with Gasteiger partial charge in [-0.15, -0.1) is 0 Å². The second-order valence-corrected chi connectivity index (χ2v) is 3.48. The minimum Gasteiger partial charge on any atom is -0.296 e. The highest BCUT2D eigenvalue weighted by atomic mass is 32.1. The number of thiol groups is 1. The lowest BCUT2D eigenvalue weighted by Crippen LogP contribution is -2.31. The third kappa shape index (κ3) is 2.94. The Hall–Kier alpha value is 0.310. The van der Waals surface area contributed by atoms with E-state index < -0.39 is 0 Å². The highest BCUT2D eigenvalue weighted by molar-refractivity contribution is 7.81. The van der Waals surface area contributed by atoms with Gasteiger partial charge >= 0.3 is 0 Å². The fourth-order valence-corrected chi connectivity index (χ4v) is 0. The average Bonchev–Trinajstić information content (AvgIpc) is 1.31. The van der Waals surface area contributed by atoms with Crippen molar-refractivity contribution in [2.24, 2.45) is 0 Å². The molecule has 7 heavy (non-hydrogen) atoms. The summed E-state index contributed by atoms with van der Waals surface area (Å²) in [4.78, 5) is 2.08. The van der Waals surface area contributed by atoms with Gasteiger partial charge in [0.05, 0.1) is 4.87 Å². The molecule has 2 heteroatoms. The van der Waals surface area contributed by atoms with E-state index in [2.05, 4.69) is 31.4 Å².